The van der Waals surface area contributed by atoms with Gasteiger partial charge in [0, 0.05) is 54.9 Å². The van der Waals surface area contributed by atoms with Crippen molar-refractivity contribution in [1.82, 2.24) is 15.0 Å². The Hall–Kier alpha value is -3.91. The number of nitrogens with one attached hydrogen (secondary N) is 2. The first-order chi connectivity index (χ1) is 18.4. The highest BCUT2D eigenvalue weighted by Gasteiger charge is 2.11. The van der Waals surface area contributed by atoms with Crippen molar-refractivity contribution in [3.63, 3.8) is 0 Å². The van der Waals surface area contributed by atoms with Gasteiger partial charge in [-0.25, -0.2) is 10.4 Å². The molecule has 0 aliphatic carbocycles. The van der Waals surface area contributed by atoms with Crippen LogP contribution in [0.3, 0.4) is 0 Å². The quantitative estimate of drug-likeness (QED) is 0.156. The first-order valence-corrected chi connectivity index (χ1v) is 13.4. The summed E-state index contributed by atoms with van der Waals surface area (Å²) in [5, 5.41) is 11.6. The summed E-state index contributed by atoms with van der Waals surface area (Å²) < 4.78 is 2.12. The topological polar surface area (TPSA) is 71.3 Å². The van der Waals surface area contributed by atoms with E-state index in [1.54, 1.807) is 18.3 Å². The molecule has 0 unspecified atom stereocenters. The largest absolute Gasteiger partial charge is 0.332 e. The highest BCUT2D eigenvalue weighted by molar-refractivity contribution is 7.14. The summed E-state index contributed by atoms with van der Waals surface area (Å²) in [4.78, 5) is 17.3. The van der Waals surface area contributed by atoms with E-state index in [1.165, 1.54) is 11.3 Å². The van der Waals surface area contributed by atoms with Crippen molar-refractivity contribution in [2.75, 3.05) is 5.32 Å². The van der Waals surface area contributed by atoms with Crippen molar-refractivity contribution in [3.8, 4) is 16.9 Å². The number of hydrogen-bond donors (Lipinski definition) is 2. The average molecular weight is 561 g/mol. The van der Waals surface area contributed by atoms with Gasteiger partial charge in [0.1, 0.15) is 0 Å². The fourth-order valence-electron chi connectivity index (χ4n) is 4.04. The van der Waals surface area contributed by atoms with Crippen LogP contribution in [0.15, 0.2) is 89.3 Å². The molecule has 0 saturated carbocycles. The van der Waals surface area contributed by atoms with E-state index in [9.17, 15) is 4.79 Å². The molecule has 2 N–H and O–H groups in total. The monoisotopic (exact) mass is 559 g/mol. The Morgan fingerprint density at radius 1 is 0.947 bits per heavy atom. The van der Waals surface area contributed by atoms with Crippen LogP contribution in [0.25, 0.3) is 16.9 Å². The van der Waals surface area contributed by atoms with Gasteiger partial charge in [0.05, 0.1) is 11.9 Å². The molecule has 0 fully saturated rings. The number of rotatable bonds is 7. The molecule has 0 radical (unpaired) electrons. The zero-order valence-corrected chi connectivity index (χ0v) is 22.9. The van der Waals surface area contributed by atoms with Gasteiger partial charge in [-0.3, -0.25) is 4.79 Å². The second kappa shape index (κ2) is 11.2. The summed E-state index contributed by atoms with van der Waals surface area (Å²) in [5.74, 6) is -0.289. The SMILES string of the molecule is Cc1cc(/C=N\NC(=O)c2ccc(-c3csc(Nc4ccc(Cl)cc4)n3)cc2)c(C)n1-c1ccc(Cl)cc1. The predicted octanol–water partition coefficient (Wildman–Crippen LogP) is 8.03. The molecule has 3 aromatic carbocycles. The van der Waals surface area contributed by atoms with Crippen LogP contribution in [0.5, 0.6) is 0 Å². The molecule has 1 amide bonds. The molecule has 38 heavy (non-hydrogen) atoms. The average Bonchev–Trinajstić information content (AvgIpc) is 3.50. The first-order valence-electron chi connectivity index (χ1n) is 11.7. The van der Waals surface area contributed by atoms with Gasteiger partial charge in [0.2, 0.25) is 0 Å². The standard InChI is InChI=1S/C29H23Cl2N5OS/c1-18-15-22(19(2)36(18)26-13-9-24(31)10-14-26)16-32-35-28(37)21-5-3-20(4-6-21)27-17-38-29(34-27)33-25-11-7-23(30)8-12-25/h3-17H,1-2H3,(H,33,34)(H,35,37)/b32-16-. The van der Waals surface area contributed by atoms with Crippen molar-refractivity contribution in [2.24, 2.45) is 5.10 Å². The van der Waals surface area contributed by atoms with Crippen LogP contribution in [0.1, 0.15) is 27.3 Å². The summed E-state index contributed by atoms with van der Waals surface area (Å²) in [7, 11) is 0. The number of carbonyl (C=O) groups excluding carboxylic acids is 1. The lowest BCUT2D eigenvalue weighted by Gasteiger charge is -2.09. The number of anilines is 2. The number of amides is 1. The van der Waals surface area contributed by atoms with Gasteiger partial charge >= 0.3 is 0 Å². The maximum Gasteiger partial charge on any atom is 0.271 e. The van der Waals surface area contributed by atoms with E-state index >= 15 is 0 Å². The van der Waals surface area contributed by atoms with Crippen molar-refractivity contribution in [1.29, 1.82) is 0 Å². The molecule has 5 aromatic rings. The van der Waals surface area contributed by atoms with Crippen molar-refractivity contribution < 1.29 is 4.79 Å². The van der Waals surface area contributed by atoms with Crippen molar-refractivity contribution in [2.45, 2.75) is 13.8 Å². The Bertz CT molecular complexity index is 1600. The molecule has 0 bridgehead atoms. The minimum atomic E-state index is -0.289. The van der Waals surface area contributed by atoms with Crippen LogP contribution in [-0.4, -0.2) is 21.7 Å². The van der Waals surface area contributed by atoms with Crippen LogP contribution < -0.4 is 10.7 Å². The molecule has 6 nitrogen and oxygen atoms in total. The van der Waals surface area contributed by atoms with E-state index in [4.69, 9.17) is 23.2 Å². The summed E-state index contributed by atoms with van der Waals surface area (Å²) in [6.45, 7) is 4.04. The number of nitrogens with zero attached hydrogens (tertiary/aromatic N) is 3. The molecule has 190 valence electrons. The molecule has 0 atom stereocenters. The van der Waals surface area contributed by atoms with Crippen LogP contribution in [0.2, 0.25) is 10.0 Å². The molecular formula is C29H23Cl2N5OS. The molecule has 0 aliphatic heterocycles. The van der Waals surface area contributed by atoms with Crippen LogP contribution >= 0.6 is 34.5 Å². The second-order valence-electron chi connectivity index (χ2n) is 8.58. The lowest BCUT2D eigenvalue weighted by molar-refractivity contribution is 0.0955. The third kappa shape index (κ3) is 5.81. The lowest BCUT2D eigenvalue weighted by Crippen LogP contribution is -2.17. The summed E-state index contributed by atoms with van der Waals surface area (Å²) in [5.41, 5.74) is 9.78. The summed E-state index contributed by atoms with van der Waals surface area (Å²) >= 11 is 13.5. The highest BCUT2D eigenvalue weighted by atomic mass is 35.5. The number of carbonyl (C=O) groups is 1. The summed E-state index contributed by atoms with van der Waals surface area (Å²) in [6.07, 6.45) is 1.66. The van der Waals surface area contributed by atoms with E-state index in [0.29, 0.717) is 15.6 Å². The van der Waals surface area contributed by atoms with E-state index in [-0.39, 0.29) is 5.91 Å². The van der Waals surface area contributed by atoms with Crippen molar-refractivity contribution in [3.05, 3.63) is 117 Å². The summed E-state index contributed by atoms with van der Waals surface area (Å²) in [6, 6.07) is 24.4. The third-order valence-electron chi connectivity index (χ3n) is 5.97. The zero-order chi connectivity index (χ0) is 26.6. The lowest BCUT2D eigenvalue weighted by atomic mass is 10.1. The maximum absolute atomic E-state index is 12.6. The van der Waals surface area contributed by atoms with Gasteiger partial charge < -0.3 is 9.88 Å². The van der Waals surface area contributed by atoms with Crippen LogP contribution in [0, 0.1) is 13.8 Å². The normalized spacial score (nSPS) is 11.2. The number of halogens is 2. The van der Waals surface area contributed by atoms with Crippen LogP contribution in [0.4, 0.5) is 10.8 Å². The zero-order valence-electron chi connectivity index (χ0n) is 20.6. The van der Waals surface area contributed by atoms with Gasteiger partial charge in [0.25, 0.3) is 5.91 Å². The van der Waals surface area contributed by atoms with Gasteiger partial charge in [-0.2, -0.15) is 5.10 Å². The molecule has 0 saturated heterocycles. The second-order valence-corrected chi connectivity index (χ2v) is 10.3. The van der Waals surface area contributed by atoms with E-state index < -0.39 is 0 Å². The number of aromatic nitrogens is 2. The van der Waals surface area contributed by atoms with Gasteiger partial charge in [-0.1, -0.05) is 35.3 Å². The Kier molecular flexibility index (Phi) is 7.60. The Labute approximate surface area is 234 Å². The van der Waals surface area contributed by atoms with Gasteiger partial charge in [-0.05, 0) is 80.6 Å². The van der Waals surface area contributed by atoms with Crippen molar-refractivity contribution >= 4 is 57.5 Å². The van der Waals surface area contributed by atoms with Gasteiger partial charge in [0.15, 0.2) is 5.13 Å². The van der Waals surface area contributed by atoms with Gasteiger partial charge in [-0.15, -0.1) is 11.3 Å². The molecule has 0 spiro atoms. The minimum absolute atomic E-state index is 0.289. The fourth-order valence-corrected chi connectivity index (χ4v) is 5.04. The first kappa shape index (κ1) is 25.7. The van der Waals surface area contributed by atoms with Crippen LogP contribution in [-0.2, 0) is 0 Å². The molecule has 2 aromatic heterocycles. The fraction of sp³-hybridized carbons (Fsp3) is 0.0690. The van der Waals surface area contributed by atoms with E-state index in [2.05, 4.69) is 25.4 Å². The molecular weight excluding hydrogens is 537 g/mol. The number of aryl methyl sites for hydroxylation is 1. The molecule has 5 rings (SSSR count). The minimum Gasteiger partial charge on any atom is -0.332 e. The molecule has 0 aliphatic rings. The number of thiazole rings is 1. The van der Waals surface area contributed by atoms with E-state index in [0.717, 1.165) is 44.7 Å². The smallest absolute Gasteiger partial charge is 0.271 e. The number of hydrogen-bond acceptors (Lipinski definition) is 5. The third-order valence-corrected chi connectivity index (χ3v) is 7.23. The number of hydrazone groups is 1. The van der Waals surface area contributed by atoms with E-state index in [1.807, 2.05) is 86.0 Å². The highest BCUT2D eigenvalue weighted by Crippen LogP contribution is 2.28. The number of benzene rings is 3. The molecule has 2 heterocycles. The Balaban J connectivity index is 1.22. The predicted molar refractivity (Wildman–Crippen MR) is 158 cm³/mol. The Morgan fingerprint density at radius 2 is 1.61 bits per heavy atom. The maximum atomic E-state index is 12.6. The Morgan fingerprint density at radius 3 is 2.29 bits per heavy atom. The molecule has 9 heteroatoms.